The van der Waals surface area contributed by atoms with Gasteiger partial charge in [-0.05, 0) is 107 Å². The van der Waals surface area contributed by atoms with Crippen molar-refractivity contribution < 1.29 is 72.1 Å². The predicted octanol–water partition coefficient (Wildman–Crippen LogP) is 6.87. The zero-order valence-corrected chi connectivity index (χ0v) is 45.2. The number of aliphatic hydroxyl groups excluding tert-OH is 1. The maximum absolute atomic E-state index is 14.5. The first-order valence-corrected chi connectivity index (χ1v) is 26.5. The van der Waals surface area contributed by atoms with Crippen molar-refractivity contribution in [2.75, 3.05) is 61.4 Å². The SMILES string of the molecule is COCCOCCO[C@H]1C[C@@H]2CC[C@@H](C)[C@@](O)(O2)C(=O)C(=O)N2CCCC[C@H]2C(=O)O[C@H]([C@H](C)C[C@@H]2CC[C@@H](O)[C@H](OC)C2)CC(=O)[C@H](C)/C=C(\C)[C@@H](OC)[C@@H](OC)C(=O)[C@H](C)C[C@H](C)/C=C/C=CC=C1C. The van der Waals surface area contributed by atoms with Crippen LogP contribution in [0.3, 0.4) is 0 Å². The molecule has 1 aliphatic carbocycles. The van der Waals surface area contributed by atoms with Gasteiger partial charge in [0.25, 0.3) is 11.7 Å². The number of amides is 1. The molecule has 2 N–H and O–H groups in total. The summed E-state index contributed by atoms with van der Waals surface area (Å²) in [6.07, 6.45) is 12.1. The molecule has 0 spiro atoms. The summed E-state index contributed by atoms with van der Waals surface area (Å²) < 4.78 is 47.0. The molecule has 0 unspecified atom stereocenters. The van der Waals surface area contributed by atoms with Crippen LogP contribution in [0.5, 0.6) is 0 Å². The number of hydrogen-bond donors (Lipinski definition) is 2. The van der Waals surface area contributed by atoms with Crippen molar-refractivity contribution in [3.8, 4) is 0 Å². The number of methoxy groups -OCH3 is 4. The standard InChI is InChI=1S/C56H89NO15/c1-35-17-13-12-14-18-36(2)47(70-28-27-69-26-25-65-8)33-43-22-20-41(7)56(64,72-43)53(61)54(62)57-24-16-15-19-44(57)55(63)71-48(38(4)31-42-21-23-45(58)49(32-42)66-9)34-46(59)37(3)30-40(6)51(67-10)52(68-11)50(60)39(5)29-35/h12-14,17-18,30,35,37-39,41-45,47-49,51-52,58,64H,15-16,19-29,31-34H2,1-11H3/b14-12?,17-13+,36-18?,40-30+/t35-,37-,38-,39-,41-,42+,43+,44+,45-,47+,48+,49-,51-,52+,56-/m1/s1. The van der Waals surface area contributed by atoms with E-state index in [0.29, 0.717) is 76.8 Å². The number of ether oxygens (including phenoxy) is 8. The molecule has 72 heavy (non-hydrogen) atoms. The van der Waals surface area contributed by atoms with E-state index < -0.39 is 77.9 Å². The summed E-state index contributed by atoms with van der Waals surface area (Å²) in [6, 6.07) is -1.15. The number of nitrogens with zero attached hydrogens (tertiary/aromatic N) is 1. The molecule has 408 valence electrons. The zero-order valence-electron chi connectivity index (χ0n) is 45.2. The smallest absolute Gasteiger partial charge is 0.329 e. The first-order valence-electron chi connectivity index (χ1n) is 26.5. The number of carbonyl (C=O) groups is 5. The second-order valence-corrected chi connectivity index (χ2v) is 21.0. The highest BCUT2D eigenvalue weighted by atomic mass is 16.6. The van der Waals surface area contributed by atoms with Crippen LogP contribution in [0, 0.1) is 35.5 Å². The number of ketones is 3. The fraction of sp³-hybridized carbons (Fsp3) is 0.768. The van der Waals surface area contributed by atoms with Gasteiger partial charge in [-0.15, -0.1) is 0 Å². The lowest BCUT2D eigenvalue weighted by Crippen LogP contribution is -2.61. The number of cyclic esters (lactones) is 1. The molecular formula is C56H89NO15. The van der Waals surface area contributed by atoms with Crippen molar-refractivity contribution in [3.63, 3.8) is 0 Å². The summed E-state index contributed by atoms with van der Waals surface area (Å²) >= 11 is 0. The Kier molecular flexibility index (Phi) is 25.6. The van der Waals surface area contributed by atoms with Crippen molar-refractivity contribution in [3.05, 3.63) is 47.6 Å². The third-order valence-electron chi connectivity index (χ3n) is 15.4. The van der Waals surface area contributed by atoms with E-state index in [0.717, 1.165) is 12.0 Å². The number of aliphatic hydroxyl groups is 2. The Bertz CT molecular complexity index is 1880. The lowest BCUT2D eigenvalue weighted by atomic mass is 9.78. The maximum atomic E-state index is 14.5. The van der Waals surface area contributed by atoms with Gasteiger partial charge in [0.2, 0.25) is 5.79 Å². The molecular weight excluding hydrogens is 927 g/mol. The highest BCUT2D eigenvalue weighted by Crippen LogP contribution is 2.38. The van der Waals surface area contributed by atoms with Crippen molar-refractivity contribution in [2.24, 2.45) is 35.5 Å². The molecule has 1 amide bonds. The van der Waals surface area contributed by atoms with Crippen molar-refractivity contribution in [2.45, 2.75) is 180 Å². The number of Topliss-reactive ketones (excluding diaryl/α,β-unsaturated/α-hetero) is 3. The molecule has 3 heterocycles. The molecule has 16 nitrogen and oxygen atoms in total. The quantitative estimate of drug-likeness (QED) is 0.0837. The number of hydrogen-bond acceptors (Lipinski definition) is 15. The molecule has 0 radical (unpaired) electrons. The van der Waals surface area contributed by atoms with Gasteiger partial charge in [0.05, 0.1) is 50.8 Å². The molecule has 3 aliphatic heterocycles. The van der Waals surface area contributed by atoms with Gasteiger partial charge in [0, 0.05) is 65.6 Å². The number of esters is 1. The molecule has 4 aliphatic rings. The zero-order chi connectivity index (χ0) is 53.1. The Labute approximate surface area is 429 Å². The third-order valence-corrected chi connectivity index (χ3v) is 15.4. The highest BCUT2D eigenvalue weighted by molar-refractivity contribution is 6.39. The molecule has 0 aromatic heterocycles. The normalized spacial score (nSPS) is 36.5. The summed E-state index contributed by atoms with van der Waals surface area (Å²) in [4.78, 5) is 72.9. The number of rotatable bonds is 13. The summed E-state index contributed by atoms with van der Waals surface area (Å²) in [7, 11) is 6.16. The fourth-order valence-corrected chi connectivity index (χ4v) is 10.8. The molecule has 2 saturated heterocycles. The van der Waals surface area contributed by atoms with Gasteiger partial charge >= 0.3 is 5.97 Å². The molecule has 3 fully saturated rings. The molecule has 0 aromatic rings. The molecule has 0 aromatic carbocycles. The van der Waals surface area contributed by atoms with Crippen LogP contribution in [0.1, 0.15) is 126 Å². The van der Waals surface area contributed by atoms with E-state index >= 15 is 0 Å². The molecule has 16 heteroatoms. The average molecular weight is 1020 g/mol. The lowest BCUT2D eigenvalue weighted by Gasteiger charge is -2.43. The van der Waals surface area contributed by atoms with E-state index in [1.807, 2.05) is 58.1 Å². The van der Waals surface area contributed by atoms with Crippen LogP contribution in [0.4, 0.5) is 0 Å². The van der Waals surface area contributed by atoms with E-state index in [1.54, 1.807) is 41.1 Å². The van der Waals surface area contributed by atoms with E-state index in [4.69, 9.17) is 37.9 Å². The first-order chi connectivity index (χ1) is 34.3. The van der Waals surface area contributed by atoms with Gasteiger partial charge in [-0.3, -0.25) is 19.2 Å². The third kappa shape index (κ3) is 17.3. The van der Waals surface area contributed by atoms with E-state index in [2.05, 4.69) is 0 Å². The monoisotopic (exact) mass is 1020 g/mol. The Morgan fingerprint density at radius 1 is 0.806 bits per heavy atom. The van der Waals surface area contributed by atoms with Crippen LogP contribution < -0.4 is 0 Å². The van der Waals surface area contributed by atoms with Gasteiger partial charge in [-0.1, -0.05) is 71.1 Å². The van der Waals surface area contributed by atoms with Crippen LogP contribution in [-0.2, 0) is 61.9 Å². The van der Waals surface area contributed by atoms with Crippen LogP contribution in [0.25, 0.3) is 0 Å². The van der Waals surface area contributed by atoms with Crippen molar-refractivity contribution in [1.29, 1.82) is 0 Å². The second-order valence-electron chi connectivity index (χ2n) is 21.0. The second kappa shape index (κ2) is 30.2. The van der Waals surface area contributed by atoms with Gasteiger partial charge in [0.1, 0.15) is 30.1 Å². The van der Waals surface area contributed by atoms with Crippen LogP contribution in [0.2, 0.25) is 0 Å². The van der Waals surface area contributed by atoms with Crippen LogP contribution in [0.15, 0.2) is 47.6 Å². The minimum atomic E-state index is -2.47. The maximum Gasteiger partial charge on any atom is 0.329 e. The molecule has 1 saturated carbocycles. The molecule has 4 rings (SSSR count). The van der Waals surface area contributed by atoms with Crippen molar-refractivity contribution in [1.82, 2.24) is 4.90 Å². The van der Waals surface area contributed by atoms with Crippen LogP contribution >= 0.6 is 0 Å². The predicted molar refractivity (Wildman–Crippen MR) is 272 cm³/mol. The topological polar surface area (TPSA) is 203 Å². The van der Waals surface area contributed by atoms with E-state index in [-0.39, 0.29) is 73.8 Å². The Hall–Kier alpha value is -3.45. The minimum Gasteiger partial charge on any atom is -0.460 e. The Morgan fingerprint density at radius 2 is 1.53 bits per heavy atom. The highest BCUT2D eigenvalue weighted by Gasteiger charge is 2.53. The number of allylic oxidation sites excluding steroid dienone is 6. The number of piperidine rings is 1. The van der Waals surface area contributed by atoms with E-state index in [9.17, 15) is 34.2 Å². The van der Waals surface area contributed by atoms with Gasteiger partial charge < -0.3 is 53.0 Å². The first kappa shape index (κ1) is 61.1. The Morgan fingerprint density at radius 3 is 2.22 bits per heavy atom. The minimum absolute atomic E-state index is 0.0344. The molecule has 15 atom stereocenters. The lowest BCUT2D eigenvalue weighted by molar-refractivity contribution is -0.266. The number of fused-ring (bicyclic) bond motifs is 3. The van der Waals surface area contributed by atoms with Gasteiger partial charge in [0.15, 0.2) is 5.78 Å². The van der Waals surface area contributed by atoms with E-state index in [1.165, 1.54) is 19.1 Å². The summed E-state index contributed by atoms with van der Waals surface area (Å²) in [5.41, 5.74) is 1.50. The van der Waals surface area contributed by atoms with Crippen molar-refractivity contribution >= 4 is 29.2 Å². The summed E-state index contributed by atoms with van der Waals surface area (Å²) in [5, 5.41) is 22.7. The molecule has 2 bridgehead atoms. The van der Waals surface area contributed by atoms with Gasteiger partial charge in [-0.2, -0.15) is 0 Å². The average Bonchev–Trinajstić information content (AvgIpc) is 3.36. The summed E-state index contributed by atoms with van der Waals surface area (Å²) in [6.45, 7) is 14.5. The number of carbonyl (C=O) groups excluding carboxylic acids is 5. The largest absolute Gasteiger partial charge is 0.460 e. The fourth-order valence-electron chi connectivity index (χ4n) is 10.8. The Balaban J connectivity index is 1.73. The van der Waals surface area contributed by atoms with Gasteiger partial charge in [-0.25, -0.2) is 4.79 Å². The summed E-state index contributed by atoms with van der Waals surface area (Å²) in [5.74, 6) is -7.67. The van der Waals surface area contributed by atoms with Crippen LogP contribution in [-0.4, -0.2) is 160 Å².